The molecule has 20 heavy (non-hydrogen) atoms. The third kappa shape index (κ3) is 4.13. The number of halogens is 1. The molecule has 1 aliphatic heterocycles. The number of urea groups is 1. The van der Waals surface area contributed by atoms with Gasteiger partial charge in [-0.15, -0.1) is 0 Å². The van der Waals surface area contributed by atoms with Crippen molar-refractivity contribution < 1.29 is 9.18 Å². The third-order valence-corrected chi connectivity index (χ3v) is 4.31. The molecule has 1 fully saturated rings. The number of hydrogen-bond donors (Lipinski definition) is 1. The highest BCUT2D eigenvalue weighted by molar-refractivity contribution is 7.98. The van der Waals surface area contributed by atoms with E-state index in [1.165, 1.54) is 18.6 Å². The van der Waals surface area contributed by atoms with Crippen molar-refractivity contribution in [2.24, 2.45) is 5.92 Å². The van der Waals surface area contributed by atoms with Crippen molar-refractivity contribution in [1.29, 1.82) is 0 Å². The fourth-order valence-corrected chi connectivity index (χ4v) is 3.38. The summed E-state index contributed by atoms with van der Waals surface area (Å²) in [7, 11) is 0. The number of carbonyl (C=O) groups excluding carboxylic acids is 1. The van der Waals surface area contributed by atoms with Crippen LogP contribution in [0.1, 0.15) is 18.4 Å². The summed E-state index contributed by atoms with van der Waals surface area (Å²) in [5, 5.41) is 2.80. The summed E-state index contributed by atoms with van der Waals surface area (Å²) < 4.78 is 13.3. The first-order chi connectivity index (χ1) is 9.58. The monoisotopic (exact) mass is 296 g/mol. The number of hydrogen-bond acceptors (Lipinski definition) is 2. The Bertz CT molecular complexity index is 459. The van der Waals surface area contributed by atoms with Crippen LogP contribution >= 0.6 is 11.8 Å². The molecule has 1 N–H and O–H groups in total. The van der Waals surface area contributed by atoms with E-state index in [0.29, 0.717) is 11.6 Å². The second-order valence-electron chi connectivity index (χ2n) is 5.36. The van der Waals surface area contributed by atoms with Crippen molar-refractivity contribution >= 4 is 23.5 Å². The Morgan fingerprint density at radius 1 is 1.50 bits per heavy atom. The molecule has 1 aromatic rings. The van der Waals surface area contributed by atoms with E-state index in [1.54, 1.807) is 6.07 Å². The van der Waals surface area contributed by atoms with Gasteiger partial charge in [0.05, 0.1) is 0 Å². The lowest BCUT2D eigenvalue weighted by atomic mass is 10.0. The number of likely N-dealkylation sites (tertiary alicyclic amines) is 1. The first-order valence-electron chi connectivity index (χ1n) is 6.90. The van der Waals surface area contributed by atoms with Gasteiger partial charge in [-0.25, -0.2) is 9.18 Å². The van der Waals surface area contributed by atoms with Crippen molar-refractivity contribution in [2.45, 2.75) is 19.8 Å². The summed E-state index contributed by atoms with van der Waals surface area (Å²) in [6.07, 6.45) is 4.32. The van der Waals surface area contributed by atoms with Gasteiger partial charge in [0.1, 0.15) is 5.82 Å². The van der Waals surface area contributed by atoms with E-state index in [9.17, 15) is 9.18 Å². The van der Waals surface area contributed by atoms with Crippen molar-refractivity contribution in [3.63, 3.8) is 0 Å². The third-order valence-electron chi connectivity index (χ3n) is 3.50. The Labute approximate surface area is 123 Å². The summed E-state index contributed by atoms with van der Waals surface area (Å²) in [5.41, 5.74) is 1.33. The van der Waals surface area contributed by atoms with Gasteiger partial charge >= 0.3 is 6.03 Å². The van der Waals surface area contributed by atoms with Crippen molar-refractivity contribution in [1.82, 2.24) is 4.90 Å². The number of carbonyl (C=O) groups is 1. The number of thioether (sulfide) groups is 1. The standard InChI is InChI=1S/C15H21FN2OS/c1-11-6-13(16)8-14(7-11)17-15(19)18-5-3-4-12(9-18)10-20-2/h6-8,12H,3-5,9-10H2,1-2H3,(H,17,19)/t12-/m0/s1. The average Bonchev–Trinajstić information content (AvgIpc) is 2.38. The van der Waals surface area contributed by atoms with Gasteiger partial charge in [-0.1, -0.05) is 0 Å². The minimum Gasteiger partial charge on any atom is -0.324 e. The van der Waals surface area contributed by atoms with Gasteiger partial charge in [0.15, 0.2) is 0 Å². The minimum absolute atomic E-state index is 0.124. The van der Waals surface area contributed by atoms with Gasteiger partial charge in [0, 0.05) is 18.8 Å². The number of anilines is 1. The highest BCUT2D eigenvalue weighted by Gasteiger charge is 2.23. The molecule has 0 bridgehead atoms. The number of benzene rings is 1. The molecule has 0 unspecified atom stereocenters. The lowest BCUT2D eigenvalue weighted by Gasteiger charge is -2.32. The second kappa shape index (κ2) is 6.97. The van der Waals surface area contributed by atoms with Crippen molar-refractivity contribution in [2.75, 3.05) is 30.4 Å². The Morgan fingerprint density at radius 2 is 2.30 bits per heavy atom. The maximum atomic E-state index is 13.3. The summed E-state index contributed by atoms with van der Waals surface area (Å²) in [6, 6.07) is 4.46. The number of rotatable bonds is 3. The molecule has 0 aromatic heterocycles. The number of nitrogens with zero attached hydrogens (tertiary/aromatic N) is 1. The fraction of sp³-hybridized carbons (Fsp3) is 0.533. The Morgan fingerprint density at radius 3 is 3.00 bits per heavy atom. The van der Waals surface area contributed by atoms with E-state index in [0.717, 1.165) is 30.8 Å². The number of nitrogens with one attached hydrogen (secondary N) is 1. The second-order valence-corrected chi connectivity index (χ2v) is 6.27. The molecule has 3 nitrogen and oxygen atoms in total. The highest BCUT2D eigenvalue weighted by Crippen LogP contribution is 2.21. The summed E-state index contributed by atoms with van der Waals surface area (Å²) in [6.45, 7) is 3.39. The molecule has 1 saturated heterocycles. The van der Waals surface area contributed by atoms with Crippen LogP contribution in [0, 0.1) is 18.7 Å². The Kier molecular flexibility index (Phi) is 5.29. The van der Waals surface area contributed by atoms with E-state index in [1.807, 2.05) is 23.6 Å². The highest BCUT2D eigenvalue weighted by atomic mass is 32.2. The molecular formula is C15H21FN2OS. The SMILES string of the molecule is CSC[C@H]1CCCN(C(=O)Nc2cc(C)cc(F)c2)C1. The summed E-state index contributed by atoms with van der Waals surface area (Å²) >= 11 is 1.82. The molecule has 1 aromatic carbocycles. The van der Waals surface area contributed by atoms with Gasteiger partial charge in [-0.3, -0.25) is 0 Å². The van der Waals surface area contributed by atoms with E-state index in [4.69, 9.17) is 0 Å². The first kappa shape index (κ1) is 15.2. The predicted octanol–water partition coefficient (Wildman–Crippen LogP) is 3.74. The molecule has 1 aliphatic rings. The molecule has 0 aliphatic carbocycles. The van der Waals surface area contributed by atoms with Crippen LogP contribution in [0.25, 0.3) is 0 Å². The van der Waals surface area contributed by atoms with Crippen LogP contribution in [0.4, 0.5) is 14.9 Å². The van der Waals surface area contributed by atoms with Crippen LogP contribution in [0.15, 0.2) is 18.2 Å². The van der Waals surface area contributed by atoms with Gasteiger partial charge < -0.3 is 10.2 Å². The molecule has 0 saturated carbocycles. The van der Waals surface area contributed by atoms with Crippen molar-refractivity contribution in [3.8, 4) is 0 Å². The maximum Gasteiger partial charge on any atom is 0.321 e. The molecule has 5 heteroatoms. The summed E-state index contributed by atoms with van der Waals surface area (Å²) in [4.78, 5) is 14.1. The number of amides is 2. The largest absolute Gasteiger partial charge is 0.324 e. The topological polar surface area (TPSA) is 32.3 Å². The number of aryl methyl sites for hydroxylation is 1. The van der Waals surface area contributed by atoms with Crippen LogP contribution in [0.3, 0.4) is 0 Å². The van der Waals surface area contributed by atoms with Gasteiger partial charge in [0.2, 0.25) is 0 Å². The molecule has 1 heterocycles. The molecule has 0 radical (unpaired) electrons. The molecule has 1 atom stereocenters. The van der Waals surface area contributed by atoms with E-state index in [2.05, 4.69) is 11.6 Å². The van der Waals surface area contributed by atoms with Crippen LogP contribution in [0.5, 0.6) is 0 Å². The average molecular weight is 296 g/mol. The van der Waals surface area contributed by atoms with E-state index < -0.39 is 0 Å². The van der Waals surface area contributed by atoms with Crippen LogP contribution in [0.2, 0.25) is 0 Å². The zero-order valence-corrected chi connectivity index (χ0v) is 12.8. The maximum absolute atomic E-state index is 13.3. The van der Waals surface area contributed by atoms with Gasteiger partial charge in [-0.2, -0.15) is 11.8 Å². The lowest BCUT2D eigenvalue weighted by Crippen LogP contribution is -2.42. The summed E-state index contributed by atoms with van der Waals surface area (Å²) in [5.74, 6) is 1.33. The van der Waals surface area contributed by atoms with Gasteiger partial charge in [0.25, 0.3) is 0 Å². The molecule has 110 valence electrons. The fourth-order valence-electron chi connectivity index (χ4n) is 2.63. The van der Waals surface area contributed by atoms with Crippen LogP contribution in [-0.2, 0) is 0 Å². The lowest BCUT2D eigenvalue weighted by molar-refractivity contribution is 0.183. The Hall–Kier alpha value is -1.23. The van der Waals surface area contributed by atoms with Crippen LogP contribution in [-0.4, -0.2) is 36.0 Å². The zero-order valence-electron chi connectivity index (χ0n) is 12.0. The molecule has 2 amide bonds. The molecule has 2 rings (SSSR count). The minimum atomic E-state index is -0.320. The Balaban J connectivity index is 1.97. The quantitative estimate of drug-likeness (QED) is 0.921. The van der Waals surface area contributed by atoms with E-state index in [-0.39, 0.29) is 11.8 Å². The van der Waals surface area contributed by atoms with Crippen molar-refractivity contribution in [3.05, 3.63) is 29.6 Å². The molecular weight excluding hydrogens is 275 g/mol. The molecule has 0 spiro atoms. The van der Waals surface area contributed by atoms with Gasteiger partial charge in [-0.05, 0) is 61.5 Å². The number of piperidine rings is 1. The normalized spacial score (nSPS) is 18.9. The first-order valence-corrected chi connectivity index (χ1v) is 8.30. The smallest absolute Gasteiger partial charge is 0.321 e. The van der Waals surface area contributed by atoms with E-state index >= 15 is 0 Å². The zero-order chi connectivity index (χ0) is 14.5. The van der Waals surface area contributed by atoms with Crippen LogP contribution < -0.4 is 5.32 Å². The predicted molar refractivity (Wildman–Crippen MR) is 82.8 cm³/mol.